The van der Waals surface area contributed by atoms with E-state index in [2.05, 4.69) is 32.9 Å². The Morgan fingerprint density at radius 3 is 1.28 bits per heavy atom. The molecule has 0 nitrogen and oxygen atoms in total. The fourth-order valence-corrected chi connectivity index (χ4v) is 4.51. The monoisotopic (exact) mass is 406 g/mol. The second kappa shape index (κ2) is 25.8. The molecule has 0 saturated heterocycles. The maximum absolute atomic E-state index is 2.40. The molecule has 0 N–H and O–H groups in total. The molecule has 0 aromatic carbocycles. The minimum absolute atomic E-state index is 0.997. The van der Waals surface area contributed by atoms with Crippen molar-refractivity contribution in [1.29, 1.82) is 0 Å². The van der Waals surface area contributed by atoms with Crippen LogP contribution in [0.1, 0.15) is 168 Å². The SMILES string of the molecule is CC/C=C/CCCCC(CC)CCCCCCCCCCCCCCCCCC. The number of rotatable bonds is 24. The molecule has 1 atom stereocenters. The summed E-state index contributed by atoms with van der Waals surface area (Å²) in [7, 11) is 0. The molecule has 0 aromatic heterocycles. The van der Waals surface area contributed by atoms with Crippen molar-refractivity contribution in [2.45, 2.75) is 168 Å². The van der Waals surface area contributed by atoms with Gasteiger partial charge in [0.1, 0.15) is 0 Å². The first-order chi connectivity index (χ1) is 14.3. The van der Waals surface area contributed by atoms with Crippen LogP contribution in [-0.2, 0) is 0 Å². The molecule has 0 heterocycles. The highest BCUT2D eigenvalue weighted by Gasteiger charge is 2.05. The number of allylic oxidation sites excluding steroid dienone is 2. The summed E-state index contributed by atoms with van der Waals surface area (Å²) >= 11 is 0. The van der Waals surface area contributed by atoms with Gasteiger partial charge >= 0.3 is 0 Å². The second-order valence-corrected chi connectivity index (χ2v) is 9.53. The first-order valence-electron chi connectivity index (χ1n) is 14.0. The summed E-state index contributed by atoms with van der Waals surface area (Å²) in [6.45, 7) is 6.92. The molecule has 0 rings (SSSR count). The number of unbranched alkanes of at least 4 members (excludes halogenated alkanes) is 17. The minimum Gasteiger partial charge on any atom is -0.0888 e. The van der Waals surface area contributed by atoms with Crippen LogP contribution in [0.25, 0.3) is 0 Å². The summed E-state index contributed by atoms with van der Waals surface area (Å²) < 4.78 is 0. The summed E-state index contributed by atoms with van der Waals surface area (Å²) in [6, 6.07) is 0. The maximum atomic E-state index is 2.40. The van der Waals surface area contributed by atoms with Crippen molar-refractivity contribution in [3.63, 3.8) is 0 Å². The molecular formula is C29H58. The Kier molecular flexibility index (Phi) is 25.5. The average molecular weight is 407 g/mol. The van der Waals surface area contributed by atoms with Gasteiger partial charge in [0.15, 0.2) is 0 Å². The van der Waals surface area contributed by atoms with Crippen molar-refractivity contribution in [2.75, 3.05) is 0 Å². The van der Waals surface area contributed by atoms with E-state index in [1.165, 1.54) is 148 Å². The van der Waals surface area contributed by atoms with E-state index < -0.39 is 0 Å². The first-order valence-corrected chi connectivity index (χ1v) is 14.0. The summed E-state index contributed by atoms with van der Waals surface area (Å²) in [5, 5.41) is 0. The fraction of sp³-hybridized carbons (Fsp3) is 0.931. The quantitative estimate of drug-likeness (QED) is 0.110. The van der Waals surface area contributed by atoms with Crippen LogP contribution in [-0.4, -0.2) is 0 Å². The maximum Gasteiger partial charge on any atom is -0.0351 e. The van der Waals surface area contributed by atoms with Crippen LogP contribution < -0.4 is 0 Å². The van der Waals surface area contributed by atoms with Gasteiger partial charge in [-0.05, 0) is 25.2 Å². The molecule has 174 valence electrons. The van der Waals surface area contributed by atoms with Gasteiger partial charge in [-0.2, -0.15) is 0 Å². The van der Waals surface area contributed by atoms with Crippen LogP contribution in [0, 0.1) is 5.92 Å². The highest BCUT2D eigenvalue weighted by atomic mass is 14.1. The third kappa shape index (κ3) is 23.9. The second-order valence-electron chi connectivity index (χ2n) is 9.53. The summed E-state index contributed by atoms with van der Waals surface area (Å²) in [6.07, 6.45) is 37.9. The normalized spacial score (nSPS) is 12.8. The van der Waals surface area contributed by atoms with Gasteiger partial charge in [0.05, 0.1) is 0 Å². The zero-order valence-electron chi connectivity index (χ0n) is 21.0. The van der Waals surface area contributed by atoms with E-state index in [9.17, 15) is 0 Å². The molecule has 0 radical (unpaired) electrons. The Balaban J connectivity index is 3.24. The molecule has 0 saturated carbocycles. The van der Waals surface area contributed by atoms with E-state index in [0.29, 0.717) is 0 Å². The molecule has 0 bridgehead atoms. The largest absolute Gasteiger partial charge is 0.0888 e. The lowest BCUT2D eigenvalue weighted by molar-refractivity contribution is 0.397. The van der Waals surface area contributed by atoms with Gasteiger partial charge < -0.3 is 0 Å². The Morgan fingerprint density at radius 2 is 0.862 bits per heavy atom. The van der Waals surface area contributed by atoms with Crippen molar-refractivity contribution in [2.24, 2.45) is 5.92 Å². The molecule has 0 heteroatoms. The molecule has 0 aromatic rings. The highest BCUT2D eigenvalue weighted by molar-refractivity contribution is 4.79. The van der Waals surface area contributed by atoms with Crippen LogP contribution >= 0.6 is 0 Å². The average Bonchev–Trinajstić information content (AvgIpc) is 2.74. The van der Waals surface area contributed by atoms with Crippen molar-refractivity contribution in [3.05, 3.63) is 12.2 Å². The van der Waals surface area contributed by atoms with Crippen molar-refractivity contribution in [3.8, 4) is 0 Å². The Morgan fingerprint density at radius 1 is 0.448 bits per heavy atom. The van der Waals surface area contributed by atoms with Crippen molar-refractivity contribution >= 4 is 0 Å². The molecule has 0 aliphatic rings. The summed E-state index contributed by atoms with van der Waals surface area (Å²) in [5.74, 6) is 0.997. The van der Waals surface area contributed by atoms with E-state index in [0.717, 1.165) is 5.92 Å². The number of hydrogen-bond donors (Lipinski definition) is 0. The lowest BCUT2D eigenvalue weighted by Gasteiger charge is -2.14. The van der Waals surface area contributed by atoms with E-state index in [1.54, 1.807) is 0 Å². The minimum atomic E-state index is 0.997. The molecule has 0 amide bonds. The lowest BCUT2D eigenvalue weighted by atomic mass is 9.92. The molecule has 0 fully saturated rings. The van der Waals surface area contributed by atoms with Crippen LogP contribution in [0.2, 0.25) is 0 Å². The van der Waals surface area contributed by atoms with Crippen LogP contribution in [0.3, 0.4) is 0 Å². The van der Waals surface area contributed by atoms with Crippen molar-refractivity contribution < 1.29 is 0 Å². The van der Waals surface area contributed by atoms with Gasteiger partial charge in [0.25, 0.3) is 0 Å². The highest BCUT2D eigenvalue weighted by Crippen LogP contribution is 2.21. The fourth-order valence-electron chi connectivity index (χ4n) is 4.51. The first kappa shape index (κ1) is 28.7. The van der Waals surface area contributed by atoms with Gasteiger partial charge in [0.2, 0.25) is 0 Å². The summed E-state index contributed by atoms with van der Waals surface area (Å²) in [5.41, 5.74) is 0. The Labute approximate surface area is 186 Å². The van der Waals surface area contributed by atoms with E-state index in [4.69, 9.17) is 0 Å². The molecule has 29 heavy (non-hydrogen) atoms. The van der Waals surface area contributed by atoms with Gasteiger partial charge in [0, 0.05) is 0 Å². The Bertz CT molecular complexity index is 303. The topological polar surface area (TPSA) is 0 Å². The molecule has 0 spiro atoms. The third-order valence-electron chi connectivity index (χ3n) is 6.68. The zero-order chi connectivity index (χ0) is 21.3. The van der Waals surface area contributed by atoms with Crippen LogP contribution in [0.4, 0.5) is 0 Å². The van der Waals surface area contributed by atoms with Crippen molar-refractivity contribution in [1.82, 2.24) is 0 Å². The standard InChI is InChI=1S/C29H58/c1-4-7-9-11-13-14-15-16-17-18-19-20-21-22-24-26-28-29(6-3)27-25-23-12-10-8-5-2/h8,10,29H,4-7,9,11-28H2,1-3H3/b10-8+. The molecule has 0 aliphatic carbocycles. The molecule has 0 aliphatic heterocycles. The molecular weight excluding hydrogens is 348 g/mol. The van der Waals surface area contributed by atoms with Gasteiger partial charge in [-0.3, -0.25) is 0 Å². The van der Waals surface area contributed by atoms with Gasteiger partial charge in [-0.25, -0.2) is 0 Å². The predicted octanol–water partition coefficient (Wildman–Crippen LogP) is 11.2. The van der Waals surface area contributed by atoms with Gasteiger partial charge in [-0.1, -0.05) is 161 Å². The lowest BCUT2D eigenvalue weighted by Crippen LogP contribution is -1.99. The molecule has 1 unspecified atom stereocenters. The zero-order valence-corrected chi connectivity index (χ0v) is 21.0. The van der Waals surface area contributed by atoms with Crippen LogP contribution in [0.5, 0.6) is 0 Å². The van der Waals surface area contributed by atoms with E-state index in [1.807, 2.05) is 0 Å². The van der Waals surface area contributed by atoms with E-state index >= 15 is 0 Å². The van der Waals surface area contributed by atoms with Crippen LogP contribution in [0.15, 0.2) is 12.2 Å². The summed E-state index contributed by atoms with van der Waals surface area (Å²) in [4.78, 5) is 0. The third-order valence-corrected chi connectivity index (χ3v) is 6.68. The predicted molar refractivity (Wildman–Crippen MR) is 136 cm³/mol. The smallest absolute Gasteiger partial charge is 0.0351 e. The van der Waals surface area contributed by atoms with Gasteiger partial charge in [-0.15, -0.1) is 0 Å². The number of hydrogen-bond acceptors (Lipinski definition) is 0. The Hall–Kier alpha value is -0.260. The van der Waals surface area contributed by atoms with E-state index in [-0.39, 0.29) is 0 Å².